The zero-order valence-electron chi connectivity index (χ0n) is 8.02. The van der Waals surface area contributed by atoms with Gasteiger partial charge in [0.2, 0.25) is 0 Å². The number of ether oxygens (including phenoxy) is 1. The summed E-state index contributed by atoms with van der Waals surface area (Å²) in [6.45, 7) is 1.74. The lowest BCUT2D eigenvalue weighted by Crippen LogP contribution is -2.05. The molecule has 0 unspecified atom stereocenters. The normalized spacial score (nSPS) is 9.86. The zero-order valence-corrected chi connectivity index (χ0v) is 8.02. The van der Waals surface area contributed by atoms with Crippen molar-refractivity contribution >= 4 is 5.97 Å². The number of hydrogen-bond donors (Lipinski definition) is 1. The standard InChI is InChI=1S/C8H11N3O3/c1-5-6(3-4-7(12)13)10-11-8(9-5)14-2/h3-4H2,1-2H3,(H,12,13). The summed E-state index contributed by atoms with van der Waals surface area (Å²) in [5.41, 5.74) is 1.24. The van der Waals surface area contributed by atoms with Crippen molar-refractivity contribution in [2.24, 2.45) is 0 Å². The summed E-state index contributed by atoms with van der Waals surface area (Å²) >= 11 is 0. The van der Waals surface area contributed by atoms with Gasteiger partial charge in [0.05, 0.1) is 24.9 Å². The maximum Gasteiger partial charge on any atom is 0.335 e. The summed E-state index contributed by atoms with van der Waals surface area (Å²) in [6.07, 6.45) is 0.370. The molecule has 6 nitrogen and oxygen atoms in total. The van der Waals surface area contributed by atoms with E-state index in [0.717, 1.165) is 0 Å². The second-order valence-electron chi connectivity index (χ2n) is 2.72. The molecule has 0 aromatic carbocycles. The van der Waals surface area contributed by atoms with Crippen LogP contribution in [0.1, 0.15) is 17.8 Å². The Morgan fingerprint density at radius 2 is 2.21 bits per heavy atom. The molecule has 6 heteroatoms. The number of carbonyl (C=O) groups is 1. The molecule has 1 aromatic heterocycles. The minimum absolute atomic E-state index is 0.0313. The van der Waals surface area contributed by atoms with Crippen LogP contribution >= 0.6 is 0 Å². The van der Waals surface area contributed by atoms with E-state index in [-0.39, 0.29) is 12.4 Å². The molecule has 76 valence electrons. The van der Waals surface area contributed by atoms with Crippen molar-refractivity contribution in [1.82, 2.24) is 15.2 Å². The fourth-order valence-electron chi connectivity index (χ4n) is 0.949. The molecule has 0 fully saturated rings. The molecular weight excluding hydrogens is 186 g/mol. The number of nitrogens with zero attached hydrogens (tertiary/aromatic N) is 3. The van der Waals surface area contributed by atoms with Gasteiger partial charge in [-0.25, -0.2) is 0 Å². The number of carboxylic acid groups (broad SMARTS) is 1. The molecule has 0 aliphatic heterocycles. The minimum Gasteiger partial charge on any atom is -0.481 e. The Labute approximate surface area is 81.0 Å². The molecule has 0 spiro atoms. The Morgan fingerprint density at radius 3 is 2.71 bits per heavy atom. The number of aromatic nitrogens is 3. The molecular formula is C8H11N3O3. The van der Waals surface area contributed by atoms with Crippen LogP contribution in [0.2, 0.25) is 0 Å². The lowest BCUT2D eigenvalue weighted by atomic mass is 10.2. The highest BCUT2D eigenvalue weighted by Crippen LogP contribution is 2.06. The highest BCUT2D eigenvalue weighted by Gasteiger charge is 2.07. The van der Waals surface area contributed by atoms with Gasteiger partial charge in [-0.2, -0.15) is 4.98 Å². The van der Waals surface area contributed by atoms with Crippen LogP contribution in [0.15, 0.2) is 0 Å². The van der Waals surface area contributed by atoms with Gasteiger partial charge in [0, 0.05) is 6.42 Å². The monoisotopic (exact) mass is 197 g/mol. The second-order valence-corrected chi connectivity index (χ2v) is 2.72. The number of methoxy groups -OCH3 is 1. The lowest BCUT2D eigenvalue weighted by Gasteiger charge is -2.02. The summed E-state index contributed by atoms with van der Waals surface area (Å²) in [5.74, 6) is -0.859. The van der Waals surface area contributed by atoms with Crippen molar-refractivity contribution in [3.8, 4) is 6.01 Å². The van der Waals surface area contributed by atoms with Crippen molar-refractivity contribution in [3.05, 3.63) is 11.4 Å². The van der Waals surface area contributed by atoms with Gasteiger partial charge >= 0.3 is 12.0 Å². The third-order valence-electron chi connectivity index (χ3n) is 1.70. The van der Waals surface area contributed by atoms with E-state index in [2.05, 4.69) is 15.2 Å². The topological polar surface area (TPSA) is 85.2 Å². The van der Waals surface area contributed by atoms with E-state index in [1.54, 1.807) is 6.92 Å². The number of rotatable bonds is 4. The Morgan fingerprint density at radius 1 is 1.50 bits per heavy atom. The van der Waals surface area contributed by atoms with Crippen LogP contribution in [-0.4, -0.2) is 33.4 Å². The summed E-state index contributed by atoms with van der Waals surface area (Å²) in [6, 6.07) is 0.196. The van der Waals surface area contributed by atoms with Crippen molar-refractivity contribution in [3.63, 3.8) is 0 Å². The molecule has 0 saturated carbocycles. The Balaban J connectivity index is 2.73. The average molecular weight is 197 g/mol. The van der Waals surface area contributed by atoms with Crippen LogP contribution in [0.4, 0.5) is 0 Å². The molecule has 0 bridgehead atoms. The van der Waals surface area contributed by atoms with E-state index < -0.39 is 5.97 Å². The first kappa shape index (κ1) is 10.4. The van der Waals surface area contributed by atoms with Gasteiger partial charge in [-0.05, 0) is 6.92 Å². The van der Waals surface area contributed by atoms with Gasteiger partial charge in [0.15, 0.2) is 0 Å². The van der Waals surface area contributed by atoms with Crippen LogP contribution in [0, 0.1) is 6.92 Å². The second kappa shape index (κ2) is 4.50. The van der Waals surface area contributed by atoms with E-state index in [4.69, 9.17) is 9.84 Å². The molecule has 14 heavy (non-hydrogen) atoms. The van der Waals surface area contributed by atoms with E-state index in [1.165, 1.54) is 7.11 Å². The van der Waals surface area contributed by atoms with Crippen LogP contribution in [0.5, 0.6) is 6.01 Å². The van der Waals surface area contributed by atoms with E-state index >= 15 is 0 Å². The predicted molar refractivity (Wildman–Crippen MR) is 47.1 cm³/mol. The first-order chi connectivity index (χ1) is 6.63. The largest absolute Gasteiger partial charge is 0.481 e. The summed E-state index contributed by atoms with van der Waals surface area (Å²) in [5, 5.41) is 16.0. The maximum absolute atomic E-state index is 10.3. The molecule has 1 N–H and O–H groups in total. The smallest absolute Gasteiger partial charge is 0.335 e. The van der Waals surface area contributed by atoms with Crippen molar-refractivity contribution in [2.75, 3.05) is 7.11 Å². The fraction of sp³-hybridized carbons (Fsp3) is 0.500. The Kier molecular flexibility index (Phi) is 3.33. The van der Waals surface area contributed by atoms with E-state index in [0.29, 0.717) is 17.8 Å². The minimum atomic E-state index is -0.859. The van der Waals surface area contributed by atoms with Crippen LogP contribution < -0.4 is 4.74 Å². The number of carboxylic acids is 1. The highest BCUT2D eigenvalue weighted by molar-refractivity contribution is 5.66. The predicted octanol–water partition coefficient (Wildman–Crippen LogP) is 0.206. The first-order valence-electron chi connectivity index (χ1n) is 4.09. The summed E-state index contributed by atoms with van der Waals surface area (Å²) in [7, 11) is 1.45. The summed E-state index contributed by atoms with van der Waals surface area (Å²) in [4.78, 5) is 14.3. The lowest BCUT2D eigenvalue weighted by molar-refractivity contribution is -0.136. The average Bonchev–Trinajstić information content (AvgIpc) is 2.15. The van der Waals surface area contributed by atoms with Gasteiger partial charge in [0.25, 0.3) is 0 Å². The zero-order chi connectivity index (χ0) is 10.6. The molecule has 0 saturated heterocycles. The molecule has 0 amide bonds. The van der Waals surface area contributed by atoms with Gasteiger partial charge in [-0.3, -0.25) is 4.79 Å². The molecule has 0 aliphatic rings. The van der Waals surface area contributed by atoms with E-state index in [1.807, 2.05) is 0 Å². The fourth-order valence-corrected chi connectivity index (χ4v) is 0.949. The number of aryl methyl sites for hydroxylation is 2. The third-order valence-corrected chi connectivity index (χ3v) is 1.70. The highest BCUT2D eigenvalue weighted by atomic mass is 16.5. The molecule has 0 aliphatic carbocycles. The Bertz CT molecular complexity index is 341. The van der Waals surface area contributed by atoms with Crippen molar-refractivity contribution in [1.29, 1.82) is 0 Å². The third kappa shape index (κ3) is 2.65. The van der Waals surface area contributed by atoms with Crippen LogP contribution in [0.25, 0.3) is 0 Å². The molecule has 1 rings (SSSR count). The van der Waals surface area contributed by atoms with Gasteiger partial charge in [0.1, 0.15) is 0 Å². The number of aliphatic carboxylic acids is 1. The van der Waals surface area contributed by atoms with Gasteiger partial charge in [-0.15, -0.1) is 5.10 Å². The van der Waals surface area contributed by atoms with Crippen molar-refractivity contribution in [2.45, 2.75) is 19.8 Å². The first-order valence-corrected chi connectivity index (χ1v) is 4.09. The quantitative estimate of drug-likeness (QED) is 0.742. The van der Waals surface area contributed by atoms with E-state index in [9.17, 15) is 4.79 Å². The van der Waals surface area contributed by atoms with Gasteiger partial charge in [-0.1, -0.05) is 5.10 Å². The van der Waals surface area contributed by atoms with Crippen LogP contribution in [0.3, 0.4) is 0 Å². The number of hydrogen-bond acceptors (Lipinski definition) is 5. The molecule has 0 radical (unpaired) electrons. The SMILES string of the molecule is COc1nnc(CCC(=O)O)c(C)n1. The maximum atomic E-state index is 10.3. The molecule has 0 atom stereocenters. The summed E-state index contributed by atoms with van der Waals surface area (Å²) < 4.78 is 4.77. The molecule has 1 aromatic rings. The van der Waals surface area contributed by atoms with Crippen LogP contribution in [-0.2, 0) is 11.2 Å². The molecule has 1 heterocycles. The Hall–Kier alpha value is -1.72. The van der Waals surface area contributed by atoms with Gasteiger partial charge < -0.3 is 9.84 Å². The van der Waals surface area contributed by atoms with Crippen molar-refractivity contribution < 1.29 is 14.6 Å².